The van der Waals surface area contributed by atoms with Gasteiger partial charge in [-0.2, -0.15) is 0 Å². The molecule has 4 aromatic carbocycles. The Morgan fingerprint density at radius 3 is 1.32 bits per heavy atom. The van der Waals surface area contributed by atoms with Gasteiger partial charge in [-0.1, -0.05) is 84.9 Å². The highest BCUT2D eigenvalue weighted by atomic mass is 16.1. The minimum absolute atomic E-state index is 0.0614. The maximum absolute atomic E-state index is 13.3. The molecule has 136 valence electrons. The van der Waals surface area contributed by atoms with Crippen LogP contribution in [-0.2, 0) is 0 Å². The molecule has 0 radical (unpaired) electrons. The predicted molar refractivity (Wildman–Crippen MR) is 113 cm³/mol. The van der Waals surface area contributed by atoms with E-state index in [0.29, 0.717) is 27.6 Å². The first-order valence-corrected chi connectivity index (χ1v) is 9.30. The summed E-state index contributed by atoms with van der Waals surface area (Å²) in [6.45, 7) is 3.86. The number of ketones is 2. The number of benzene rings is 4. The van der Waals surface area contributed by atoms with Gasteiger partial charge in [-0.05, 0) is 30.4 Å². The second kappa shape index (κ2) is 7.24. The fraction of sp³-hybridized carbons (Fsp3) is 0.0769. The quantitative estimate of drug-likeness (QED) is 0.421. The first-order valence-electron chi connectivity index (χ1n) is 9.30. The van der Waals surface area contributed by atoms with E-state index in [-0.39, 0.29) is 11.6 Å². The van der Waals surface area contributed by atoms with Gasteiger partial charge in [0.25, 0.3) is 0 Å². The lowest BCUT2D eigenvalue weighted by Crippen LogP contribution is -2.09. The van der Waals surface area contributed by atoms with Gasteiger partial charge in [-0.15, -0.1) is 0 Å². The van der Waals surface area contributed by atoms with Gasteiger partial charge in [0, 0.05) is 27.6 Å². The van der Waals surface area contributed by atoms with E-state index in [4.69, 9.17) is 0 Å². The van der Waals surface area contributed by atoms with E-state index in [2.05, 4.69) is 0 Å². The number of aryl methyl sites for hydroxylation is 2. The van der Waals surface area contributed by atoms with Crippen LogP contribution in [0.3, 0.4) is 0 Å². The van der Waals surface area contributed by atoms with E-state index >= 15 is 0 Å². The zero-order valence-electron chi connectivity index (χ0n) is 15.9. The van der Waals surface area contributed by atoms with Gasteiger partial charge in [0.15, 0.2) is 11.6 Å². The van der Waals surface area contributed by atoms with Gasteiger partial charge in [0.1, 0.15) is 0 Å². The average Bonchev–Trinajstić information content (AvgIpc) is 2.72. The minimum Gasteiger partial charge on any atom is -0.289 e. The Kier molecular flexibility index (Phi) is 4.62. The summed E-state index contributed by atoms with van der Waals surface area (Å²) in [4.78, 5) is 26.7. The number of hydrogen-bond acceptors (Lipinski definition) is 2. The molecule has 0 saturated heterocycles. The second-order valence-corrected chi connectivity index (χ2v) is 7.00. The largest absolute Gasteiger partial charge is 0.289 e. The van der Waals surface area contributed by atoms with Crippen LogP contribution in [0.15, 0.2) is 84.9 Å². The van der Waals surface area contributed by atoms with Gasteiger partial charge in [-0.25, -0.2) is 0 Å². The molecule has 4 rings (SSSR count). The Labute approximate surface area is 164 Å². The van der Waals surface area contributed by atoms with E-state index < -0.39 is 0 Å². The molecule has 0 fully saturated rings. The van der Waals surface area contributed by atoms with Crippen LogP contribution < -0.4 is 0 Å². The van der Waals surface area contributed by atoms with Gasteiger partial charge >= 0.3 is 0 Å². The molecular weight excluding hydrogens is 344 g/mol. The van der Waals surface area contributed by atoms with Crippen molar-refractivity contribution < 1.29 is 9.59 Å². The molecule has 0 unspecified atom stereocenters. The summed E-state index contributed by atoms with van der Waals surface area (Å²) in [5, 5.41) is 1.60. The lowest BCUT2D eigenvalue weighted by Gasteiger charge is -2.13. The molecule has 0 atom stereocenters. The van der Waals surface area contributed by atoms with Crippen molar-refractivity contribution in [1.82, 2.24) is 0 Å². The third kappa shape index (κ3) is 3.03. The molecule has 2 nitrogen and oxygen atoms in total. The SMILES string of the molecule is Cc1ccccc1C(=O)c1cccc2cccc(C(=O)c3ccccc3C)c12. The molecule has 4 aromatic rings. The summed E-state index contributed by atoms with van der Waals surface area (Å²) in [5.41, 5.74) is 4.29. The van der Waals surface area contributed by atoms with Gasteiger partial charge in [0.05, 0.1) is 0 Å². The summed E-state index contributed by atoms with van der Waals surface area (Å²) < 4.78 is 0. The highest BCUT2D eigenvalue weighted by Gasteiger charge is 2.20. The van der Waals surface area contributed by atoms with Crippen molar-refractivity contribution in [2.75, 3.05) is 0 Å². The molecule has 0 N–H and O–H groups in total. The zero-order valence-corrected chi connectivity index (χ0v) is 15.9. The number of carbonyl (C=O) groups excluding carboxylic acids is 2. The average molecular weight is 364 g/mol. The van der Waals surface area contributed by atoms with Crippen molar-refractivity contribution in [2.45, 2.75) is 13.8 Å². The second-order valence-electron chi connectivity index (χ2n) is 7.00. The lowest BCUT2D eigenvalue weighted by atomic mass is 9.89. The summed E-state index contributed by atoms with van der Waals surface area (Å²) >= 11 is 0. The number of rotatable bonds is 4. The number of hydrogen-bond donors (Lipinski definition) is 0. The van der Waals surface area contributed by atoms with Crippen LogP contribution >= 0.6 is 0 Å². The standard InChI is InChI=1S/C26H20O2/c1-17-9-3-5-13-20(17)25(27)22-15-7-11-19-12-8-16-23(24(19)22)26(28)21-14-6-4-10-18(21)2/h3-16H,1-2H3. The van der Waals surface area contributed by atoms with Crippen molar-refractivity contribution in [3.63, 3.8) is 0 Å². The smallest absolute Gasteiger partial charge is 0.193 e. The van der Waals surface area contributed by atoms with Crippen molar-refractivity contribution in [2.24, 2.45) is 0 Å². The fourth-order valence-electron chi connectivity index (χ4n) is 3.66. The molecular formula is C26H20O2. The van der Waals surface area contributed by atoms with Crippen LogP contribution in [-0.4, -0.2) is 11.6 Å². The monoisotopic (exact) mass is 364 g/mol. The molecule has 0 aromatic heterocycles. The van der Waals surface area contributed by atoms with Crippen molar-refractivity contribution in [1.29, 1.82) is 0 Å². The first kappa shape index (κ1) is 17.9. The van der Waals surface area contributed by atoms with Crippen LogP contribution in [0.4, 0.5) is 0 Å². The first-order chi connectivity index (χ1) is 13.6. The molecule has 2 heteroatoms. The maximum atomic E-state index is 13.3. The van der Waals surface area contributed by atoms with Crippen LogP contribution in [0.25, 0.3) is 10.8 Å². The molecule has 0 aliphatic carbocycles. The lowest BCUT2D eigenvalue weighted by molar-refractivity contribution is 0.103. The zero-order chi connectivity index (χ0) is 19.7. The van der Waals surface area contributed by atoms with E-state index in [1.807, 2.05) is 98.8 Å². The molecule has 0 saturated carbocycles. The fourth-order valence-corrected chi connectivity index (χ4v) is 3.66. The number of fused-ring (bicyclic) bond motifs is 1. The van der Waals surface area contributed by atoms with Crippen LogP contribution in [0.1, 0.15) is 43.0 Å². The Hall–Kier alpha value is -3.52. The Morgan fingerprint density at radius 2 is 0.893 bits per heavy atom. The van der Waals surface area contributed by atoms with E-state index in [1.165, 1.54) is 0 Å². The topological polar surface area (TPSA) is 34.1 Å². The summed E-state index contributed by atoms with van der Waals surface area (Å²) in [6, 6.07) is 26.3. The molecule has 0 aliphatic rings. The third-order valence-electron chi connectivity index (χ3n) is 5.17. The molecule has 28 heavy (non-hydrogen) atoms. The number of carbonyl (C=O) groups is 2. The van der Waals surface area contributed by atoms with Gasteiger partial charge in [0.2, 0.25) is 0 Å². The van der Waals surface area contributed by atoms with Crippen molar-refractivity contribution in [3.8, 4) is 0 Å². The summed E-state index contributed by atoms with van der Waals surface area (Å²) in [6.07, 6.45) is 0. The van der Waals surface area contributed by atoms with Crippen LogP contribution in [0.5, 0.6) is 0 Å². The molecule has 0 amide bonds. The molecule has 0 heterocycles. The van der Waals surface area contributed by atoms with Gasteiger partial charge in [-0.3, -0.25) is 9.59 Å². The predicted octanol–water partition coefficient (Wildman–Crippen LogP) is 5.92. The highest BCUT2D eigenvalue weighted by Crippen LogP contribution is 2.28. The summed E-state index contributed by atoms with van der Waals surface area (Å²) in [7, 11) is 0. The van der Waals surface area contributed by atoms with Crippen molar-refractivity contribution in [3.05, 3.63) is 118 Å². The maximum Gasteiger partial charge on any atom is 0.193 e. The van der Waals surface area contributed by atoms with Crippen LogP contribution in [0, 0.1) is 13.8 Å². The van der Waals surface area contributed by atoms with Crippen molar-refractivity contribution >= 4 is 22.3 Å². The Morgan fingerprint density at radius 1 is 0.500 bits per heavy atom. The third-order valence-corrected chi connectivity index (χ3v) is 5.17. The normalized spacial score (nSPS) is 10.8. The molecule has 0 spiro atoms. The van der Waals surface area contributed by atoms with Crippen LogP contribution in [0.2, 0.25) is 0 Å². The Bertz CT molecular complexity index is 1130. The van der Waals surface area contributed by atoms with Gasteiger partial charge < -0.3 is 0 Å². The summed E-state index contributed by atoms with van der Waals surface area (Å²) in [5.74, 6) is -0.123. The molecule has 0 bridgehead atoms. The Balaban J connectivity index is 1.95. The minimum atomic E-state index is -0.0614. The van der Waals surface area contributed by atoms with E-state index in [9.17, 15) is 9.59 Å². The van der Waals surface area contributed by atoms with E-state index in [0.717, 1.165) is 16.5 Å². The highest BCUT2D eigenvalue weighted by molar-refractivity contribution is 6.24. The van der Waals surface area contributed by atoms with E-state index in [1.54, 1.807) is 0 Å². The molecule has 0 aliphatic heterocycles.